The van der Waals surface area contributed by atoms with Gasteiger partial charge in [0, 0.05) is 11.1 Å². The number of nitro groups is 1. The Labute approximate surface area is 207 Å². The summed E-state index contributed by atoms with van der Waals surface area (Å²) in [6.45, 7) is 0.306. The molecule has 0 aliphatic rings. The van der Waals surface area contributed by atoms with Crippen LogP contribution in [0.3, 0.4) is 0 Å². The Hall–Kier alpha value is -2.63. The first-order chi connectivity index (χ1) is 15.5. The van der Waals surface area contributed by atoms with Crippen LogP contribution in [0.4, 0.5) is 24.5 Å². The van der Waals surface area contributed by atoms with Crippen molar-refractivity contribution in [3.05, 3.63) is 95.4 Å². The van der Waals surface area contributed by atoms with Gasteiger partial charge in [0.15, 0.2) is 0 Å². The molecule has 0 saturated heterocycles. The molecule has 0 unspecified atom stereocenters. The van der Waals surface area contributed by atoms with Gasteiger partial charge in [0.1, 0.15) is 18.0 Å². The highest BCUT2D eigenvalue weighted by Gasteiger charge is 2.33. The molecule has 0 aliphatic heterocycles. The summed E-state index contributed by atoms with van der Waals surface area (Å²) >= 11 is 12.7. The second-order valence-electron chi connectivity index (χ2n) is 6.59. The monoisotopic (exact) mass is 605 g/mol. The number of rotatable bonds is 7. The fourth-order valence-corrected chi connectivity index (χ4v) is 4.23. The van der Waals surface area contributed by atoms with Crippen molar-refractivity contribution >= 4 is 61.1 Å². The van der Waals surface area contributed by atoms with Gasteiger partial charge in [-0.15, -0.1) is 0 Å². The van der Waals surface area contributed by atoms with E-state index in [9.17, 15) is 23.3 Å². The Morgan fingerprint density at radius 2 is 1.73 bits per heavy atom. The molecule has 0 amide bonds. The smallest absolute Gasteiger partial charge is 0.416 e. The molecule has 3 rings (SSSR count). The van der Waals surface area contributed by atoms with Gasteiger partial charge in [0.25, 0.3) is 5.69 Å². The van der Waals surface area contributed by atoms with Crippen LogP contribution < -0.4 is 10.2 Å². The predicted octanol–water partition coefficient (Wildman–Crippen LogP) is 7.82. The average molecular weight is 608 g/mol. The molecule has 6 nitrogen and oxygen atoms in total. The van der Waals surface area contributed by atoms with Gasteiger partial charge in [-0.05, 0) is 79.4 Å². The summed E-state index contributed by atoms with van der Waals surface area (Å²) in [4.78, 5) is 10.2. The average Bonchev–Trinajstić information content (AvgIpc) is 2.73. The van der Waals surface area contributed by atoms with Crippen molar-refractivity contribution in [1.29, 1.82) is 0 Å². The van der Waals surface area contributed by atoms with E-state index >= 15 is 0 Å². The third-order valence-corrected chi connectivity index (χ3v) is 5.67. The van der Waals surface area contributed by atoms with Gasteiger partial charge in [-0.2, -0.15) is 18.3 Å². The summed E-state index contributed by atoms with van der Waals surface area (Å²) in [6.07, 6.45) is -3.33. The summed E-state index contributed by atoms with van der Waals surface area (Å²) in [5.74, 6) is 0.549. The number of nitrogens with zero attached hydrogens (tertiary/aromatic N) is 2. The van der Waals surface area contributed by atoms with Crippen molar-refractivity contribution in [2.45, 2.75) is 12.8 Å². The van der Waals surface area contributed by atoms with E-state index < -0.39 is 22.4 Å². The van der Waals surface area contributed by atoms with E-state index in [-0.39, 0.29) is 5.69 Å². The molecule has 172 valence electrons. The number of alkyl halides is 3. The molecule has 0 aromatic heterocycles. The Morgan fingerprint density at radius 3 is 2.30 bits per heavy atom. The molecule has 0 heterocycles. The quantitative estimate of drug-likeness (QED) is 0.169. The van der Waals surface area contributed by atoms with E-state index in [1.807, 2.05) is 12.1 Å². The second-order valence-corrected chi connectivity index (χ2v) is 8.73. The van der Waals surface area contributed by atoms with Crippen molar-refractivity contribution in [3.8, 4) is 5.75 Å². The molecule has 0 spiro atoms. The number of hydrazone groups is 1. The number of ether oxygens (including phenoxy) is 1. The summed E-state index contributed by atoms with van der Waals surface area (Å²) in [7, 11) is 0. The molecule has 0 atom stereocenters. The molecule has 1 N–H and O–H groups in total. The number of nitrogens with one attached hydrogen (secondary N) is 1. The third-order valence-electron chi connectivity index (χ3n) is 4.24. The number of anilines is 1. The number of benzene rings is 3. The van der Waals surface area contributed by atoms with Gasteiger partial charge in [-0.1, -0.05) is 23.7 Å². The minimum Gasteiger partial charge on any atom is -0.487 e. The Bertz CT molecular complexity index is 1180. The first-order valence-electron chi connectivity index (χ1n) is 9.05. The fraction of sp³-hybridized carbons (Fsp3) is 0.0952. The van der Waals surface area contributed by atoms with Crippen LogP contribution in [0.5, 0.6) is 5.75 Å². The zero-order valence-corrected chi connectivity index (χ0v) is 20.3. The van der Waals surface area contributed by atoms with Crippen LogP contribution in [0.25, 0.3) is 0 Å². The van der Waals surface area contributed by atoms with Gasteiger partial charge in [0.2, 0.25) is 0 Å². The van der Waals surface area contributed by atoms with Crippen LogP contribution in [0.1, 0.15) is 16.7 Å². The van der Waals surface area contributed by atoms with E-state index in [0.29, 0.717) is 38.0 Å². The molecule has 33 heavy (non-hydrogen) atoms. The standard InChI is InChI=1S/C21H13Br2ClF3N3O3/c22-16-7-13(8-17(23)20(16)33-11-12-1-4-15(24)5-2-12)10-28-29-18-6-3-14(21(25,26)27)9-19(18)30(31)32/h1-10,29H,11H2/b28-10-. The molecule has 0 aliphatic carbocycles. The lowest BCUT2D eigenvalue weighted by Crippen LogP contribution is -2.06. The zero-order valence-electron chi connectivity index (χ0n) is 16.4. The summed E-state index contributed by atoms with van der Waals surface area (Å²) in [5, 5.41) is 15.7. The first kappa shape index (κ1) is 25.0. The predicted molar refractivity (Wildman–Crippen MR) is 127 cm³/mol. The molecular formula is C21H13Br2ClF3N3O3. The topological polar surface area (TPSA) is 76.8 Å². The normalized spacial score (nSPS) is 11.6. The lowest BCUT2D eigenvalue weighted by atomic mass is 10.1. The molecule has 3 aromatic carbocycles. The Morgan fingerprint density at radius 1 is 1.09 bits per heavy atom. The summed E-state index contributed by atoms with van der Waals surface area (Å²) in [5.41, 5.74) is 1.89. The van der Waals surface area contributed by atoms with Gasteiger partial charge >= 0.3 is 6.18 Å². The molecule has 0 saturated carbocycles. The number of hydrogen-bond acceptors (Lipinski definition) is 5. The van der Waals surface area contributed by atoms with E-state index in [2.05, 4.69) is 42.4 Å². The highest BCUT2D eigenvalue weighted by Crippen LogP contribution is 2.36. The van der Waals surface area contributed by atoms with E-state index in [1.165, 1.54) is 6.21 Å². The van der Waals surface area contributed by atoms with Crippen molar-refractivity contribution in [2.24, 2.45) is 5.10 Å². The number of halogens is 6. The maximum atomic E-state index is 12.8. The van der Waals surface area contributed by atoms with E-state index in [1.54, 1.807) is 24.3 Å². The van der Waals surface area contributed by atoms with Crippen molar-refractivity contribution in [3.63, 3.8) is 0 Å². The maximum absolute atomic E-state index is 12.8. The van der Waals surface area contributed by atoms with Crippen LogP contribution in [0.15, 0.2) is 68.6 Å². The lowest BCUT2D eigenvalue weighted by molar-refractivity contribution is -0.384. The van der Waals surface area contributed by atoms with Crippen molar-refractivity contribution in [2.75, 3.05) is 5.43 Å². The third kappa shape index (κ3) is 6.68. The summed E-state index contributed by atoms with van der Waals surface area (Å²) in [6, 6.07) is 12.8. The van der Waals surface area contributed by atoms with Gasteiger partial charge < -0.3 is 4.74 Å². The number of hydrogen-bond donors (Lipinski definition) is 1. The van der Waals surface area contributed by atoms with Crippen LogP contribution in [-0.2, 0) is 12.8 Å². The minimum atomic E-state index is -4.69. The van der Waals surface area contributed by atoms with Crippen molar-refractivity contribution in [1.82, 2.24) is 0 Å². The molecular weight excluding hydrogens is 595 g/mol. The van der Waals surface area contributed by atoms with E-state index in [4.69, 9.17) is 16.3 Å². The van der Waals surface area contributed by atoms with E-state index in [0.717, 1.165) is 17.7 Å². The highest BCUT2D eigenvalue weighted by molar-refractivity contribution is 9.11. The molecule has 0 fully saturated rings. The fourth-order valence-electron chi connectivity index (χ4n) is 2.66. The molecule has 12 heteroatoms. The second kappa shape index (κ2) is 10.5. The van der Waals surface area contributed by atoms with Crippen molar-refractivity contribution < 1.29 is 22.8 Å². The zero-order chi connectivity index (χ0) is 24.2. The SMILES string of the molecule is O=[N+]([O-])c1cc(C(F)(F)F)ccc1N/N=C\c1cc(Br)c(OCc2ccc(Cl)cc2)c(Br)c1. The van der Waals surface area contributed by atoms with Gasteiger partial charge in [0.05, 0.1) is 25.6 Å². The van der Waals surface area contributed by atoms with Gasteiger partial charge in [-0.3, -0.25) is 15.5 Å². The maximum Gasteiger partial charge on any atom is 0.416 e. The van der Waals surface area contributed by atoms with Crippen LogP contribution in [-0.4, -0.2) is 11.1 Å². The molecule has 0 bridgehead atoms. The number of nitro benzene ring substituents is 1. The van der Waals surface area contributed by atoms with Gasteiger partial charge in [-0.25, -0.2) is 0 Å². The minimum absolute atomic E-state index is 0.176. The lowest BCUT2D eigenvalue weighted by Gasteiger charge is -2.11. The molecule has 3 aromatic rings. The highest BCUT2D eigenvalue weighted by atomic mass is 79.9. The summed E-state index contributed by atoms with van der Waals surface area (Å²) < 4.78 is 45.5. The first-order valence-corrected chi connectivity index (χ1v) is 11.0. The Kier molecular flexibility index (Phi) is 7.98. The van der Waals surface area contributed by atoms with Crippen LogP contribution >= 0.6 is 43.5 Å². The van der Waals surface area contributed by atoms with Crippen LogP contribution in [0, 0.1) is 10.1 Å². The Balaban J connectivity index is 1.73. The van der Waals surface area contributed by atoms with Crippen LogP contribution in [0.2, 0.25) is 5.02 Å². The largest absolute Gasteiger partial charge is 0.487 e. The molecule has 0 radical (unpaired) electrons.